The number of hydrogen-bond acceptors (Lipinski definition) is 0. The van der Waals surface area contributed by atoms with Crippen LogP contribution in [0, 0.1) is 17.3 Å². The Bertz CT molecular complexity index is 224. The Labute approximate surface area is 82.4 Å². The van der Waals surface area contributed by atoms with Crippen LogP contribution < -0.4 is 0 Å². The molecule has 0 aromatic heterocycles. The molecule has 13 heavy (non-hydrogen) atoms. The Balaban J connectivity index is 1.88. The zero-order chi connectivity index (χ0) is 9.47. The first-order valence-electron chi connectivity index (χ1n) is 5.78. The highest BCUT2D eigenvalue weighted by Crippen LogP contribution is 2.53. The van der Waals surface area contributed by atoms with Gasteiger partial charge in [-0.25, -0.2) is 0 Å². The molecule has 2 rings (SSSR count). The fourth-order valence-electron chi connectivity index (χ4n) is 2.87. The monoisotopic (exact) mass is 178 g/mol. The van der Waals surface area contributed by atoms with Crippen LogP contribution in [-0.2, 0) is 0 Å². The molecule has 0 amide bonds. The average Bonchev–Trinajstić information content (AvgIpc) is 2.26. The molecule has 0 aromatic rings. The molecule has 0 N–H and O–H groups in total. The minimum Gasteiger partial charge on any atom is -0.0844 e. The molecule has 1 saturated carbocycles. The van der Waals surface area contributed by atoms with Crippen molar-refractivity contribution in [3.05, 3.63) is 11.6 Å². The Morgan fingerprint density at radius 3 is 2.69 bits per heavy atom. The van der Waals surface area contributed by atoms with E-state index in [0.29, 0.717) is 5.41 Å². The van der Waals surface area contributed by atoms with Crippen molar-refractivity contribution in [3.63, 3.8) is 0 Å². The topological polar surface area (TPSA) is 0 Å². The average molecular weight is 178 g/mol. The maximum Gasteiger partial charge on any atom is -0.0163 e. The van der Waals surface area contributed by atoms with Gasteiger partial charge >= 0.3 is 0 Å². The van der Waals surface area contributed by atoms with E-state index in [1.165, 1.54) is 32.1 Å². The van der Waals surface area contributed by atoms with Crippen molar-refractivity contribution in [2.45, 2.75) is 52.9 Å². The van der Waals surface area contributed by atoms with Gasteiger partial charge in [0.2, 0.25) is 0 Å². The molecule has 0 nitrogen and oxygen atoms in total. The molecule has 0 saturated heterocycles. The molecule has 0 aliphatic heterocycles. The van der Waals surface area contributed by atoms with Crippen molar-refractivity contribution in [3.8, 4) is 0 Å². The largest absolute Gasteiger partial charge is 0.0844 e. The molecule has 0 spiro atoms. The van der Waals surface area contributed by atoms with Gasteiger partial charge in [0.05, 0.1) is 0 Å². The first-order valence-corrected chi connectivity index (χ1v) is 5.78. The highest BCUT2D eigenvalue weighted by Gasteiger charge is 2.40. The summed E-state index contributed by atoms with van der Waals surface area (Å²) in [4.78, 5) is 0. The van der Waals surface area contributed by atoms with Gasteiger partial charge in [0.1, 0.15) is 0 Å². The first kappa shape index (κ1) is 9.30. The summed E-state index contributed by atoms with van der Waals surface area (Å²) in [5.41, 5.74) is 2.45. The van der Waals surface area contributed by atoms with Crippen LogP contribution in [0.5, 0.6) is 0 Å². The highest BCUT2D eigenvalue weighted by molar-refractivity contribution is 5.25. The van der Waals surface area contributed by atoms with Gasteiger partial charge in [-0.1, -0.05) is 38.8 Å². The van der Waals surface area contributed by atoms with Crippen LogP contribution in [0.15, 0.2) is 11.6 Å². The summed E-state index contributed by atoms with van der Waals surface area (Å²) < 4.78 is 0. The molecule has 74 valence electrons. The molecule has 1 fully saturated rings. The predicted octanol–water partition coefficient (Wildman–Crippen LogP) is 4.17. The SMILES string of the molecule is CC(C)CCC1(C)CC2=CCC2C1. The molecule has 2 unspecified atom stereocenters. The van der Waals surface area contributed by atoms with Crippen LogP contribution in [-0.4, -0.2) is 0 Å². The van der Waals surface area contributed by atoms with Crippen molar-refractivity contribution >= 4 is 0 Å². The summed E-state index contributed by atoms with van der Waals surface area (Å²) in [5, 5.41) is 0. The van der Waals surface area contributed by atoms with Crippen LogP contribution in [0.4, 0.5) is 0 Å². The zero-order valence-corrected chi connectivity index (χ0v) is 9.27. The molecule has 2 atom stereocenters. The molecule has 0 radical (unpaired) electrons. The predicted molar refractivity (Wildman–Crippen MR) is 57.6 cm³/mol. The van der Waals surface area contributed by atoms with E-state index in [-0.39, 0.29) is 0 Å². The fraction of sp³-hybridized carbons (Fsp3) is 0.846. The maximum absolute atomic E-state index is 2.49. The smallest absolute Gasteiger partial charge is 0.0163 e. The van der Waals surface area contributed by atoms with Crippen molar-refractivity contribution in [2.24, 2.45) is 17.3 Å². The summed E-state index contributed by atoms with van der Waals surface area (Å²) in [7, 11) is 0. The van der Waals surface area contributed by atoms with Gasteiger partial charge in [0.25, 0.3) is 0 Å². The Morgan fingerprint density at radius 1 is 1.54 bits per heavy atom. The van der Waals surface area contributed by atoms with E-state index in [1.54, 1.807) is 5.57 Å². The standard InChI is InChI=1S/C13H22/c1-10(2)6-7-13(3)8-11-4-5-12(11)9-13/h4,10,12H,5-9H2,1-3H3. The maximum atomic E-state index is 2.49. The Kier molecular flexibility index (Phi) is 2.25. The third-order valence-corrected chi connectivity index (χ3v) is 3.88. The van der Waals surface area contributed by atoms with Crippen molar-refractivity contribution in [1.29, 1.82) is 0 Å². The van der Waals surface area contributed by atoms with Gasteiger partial charge in [-0.2, -0.15) is 0 Å². The second-order valence-electron chi connectivity index (χ2n) is 5.84. The molecule has 0 heteroatoms. The van der Waals surface area contributed by atoms with Crippen molar-refractivity contribution in [2.75, 3.05) is 0 Å². The number of fused-ring (bicyclic) bond motifs is 1. The van der Waals surface area contributed by atoms with Gasteiger partial charge in [-0.3, -0.25) is 0 Å². The van der Waals surface area contributed by atoms with Crippen LogP contribution in [0.25, 0.3) is 0 Å². The Morgan fingerprint density at radius 2 is 2.31 bits per heavy atom. The zero-order valence-electron chi connectivity index (χ0n) is 9.27. The van der Waals surface area contributed by atoms with Gasteiger partial charge < -0.3 is 0 Å². The summed E-state index contributed by atoms with van der Waals surface area (Å²) in [6, 6.07) is 0. The van der Waals surface area contributed by atoms with Gasteiger partial charge in [-0.15, -0.1) is 0 Å². The lowest BCUT2D eigenvalue weighted by Gasteiger charge is -2.24. The van der Waals surface area contributed by atoms with Crippen LogP contribution in [0.2, 0.25) is 0 Å². The summed E-state index contributed by atoms with van der Waals surface area (Å²) >= 11 is 0. The normalized spacial score (nSPS) is 37.2. The van der Waals surface area contributed by atoms with E-state index in [0.717, 1.165) is 11.8 Å². The second kappa shape index (κ2) is 3.15. The van der Waals surface area contributed by atoms with Crippen molar-refractivity contribution < 1.29 is 0 Å². The quantitative estimate of drug-likeness (QED) is 0.569. The molecule has 0 bridgehead atoms. The fourth-order valence-corrected chi connectivity index (χ4v) is 2.87. The minimum atomic E-state index is 0.664. The molecule has 0 aromatic carbocycles. The lowest BCUT2D eigenvalue weighted by molar-refractivity contribution is 0.272. The van der Waals surface area contributed by atoms with Crippen LogP contribution in [0.1, 0.15) is 52.9 Å². The summed E-state index contributed by atoms with van der Waals surface area (Å²) in [5.74, 6) is 1.88. The highest BCUT2D eigenvalue weighted by atomic mass is 14.5. The van der Waals surface area contributed by atoms with Gasteiger partial charge in [-0.05, 0) is 42.9 Å². The Hall–Kier alpha value is -0.260. The van der Waals surface area contributed by atoms with Crippen molar-refractivity contribution in [1.82, 2.24) is 0 Å². The minimum absolute atomic E-state index is 0.664. The van der Waals surface area contributed by atoms with E-state index < -0.39 is 0 Å². The van der Waals surface area contributed by atoms with E-state index in [1.807, 2.05) is 0 Å². The lowest BCUT2D eigenvalue weighted by Crippen LogP contribution is -2.12. The molecular formula is C13H22. The van der Waals surface area contributed by atoms with E-state index in [4.69, 9.17) is 0 Å². The van der Waals surface area contributed by atoms with E-state index >= 15 is 0 Å². The molecule has 2 aliphatic rings. The third-order valence-electron chi connectivity index (χ3n) is 3.88. The second-order valence-corrected chi connectivity index (χ2v) is 5.84. The van der Waals surface area contributed by atoms with Gasteiger partial charge in [0, 0.05) is 0 Å². The third kappa shape index (κ3) is 1.82. The summed E-state index contributed by atoms with van der Waals surface area (Å²) in [6.07, 6.45) is 9.59. The number of allylic oxidation sites excluding steroid dienone is 2. The number of hydrogen-bond donors (Lipinski definition) is 0. The molecule has 2 aliphatic carbocycles. The van der Waals surface area contributed by atoms with Gasteiger partial charge in [0.15, 0.2) is 0 Å². The first-order chi connectivity index (χ1) is 6.09. The number of rotatable bonds is 3. The van der Waals surface area contributed by atoms with E-state index in [9.17, 15) is 0 Å². The molecular weight excluding hydrogens is 156 g/mol. The van der Waals surface area contributed by atoms with E-state index in [2.05, 4.69) is 26.8 Å². The molecule has 0 heterocycles. The van der Waals surface area contributed by atoms with Crippen LogP contribution >= 0.6 is 0 Å². The lowest BCUT2D eigenvalue weighted by atomic mass is 9.81. The summed E-state index contributed by atoms with van der Waals surface area (Å²) in [6.45, 7) is 7.17. The van der Waals surface area contributed by atoms with Crippen LogP contribution in [0.3, 0.4) is 0 Å².